The molecule has 1 aromatic rings. The lowest BCUT2D eigenvalue weighted by Crippen LogP contribution is -2.43. The summed E-state index contributed by atoms with van der Waals surface area (Å²) in [6, 6.07) is 0.229. The Morgan fingerprint density at radius 3 is 2.71 bits per heavy atom. The van der Waals surface area contributed by atoms with E-state index in [9.17, 15) is 10.1 Å². The fourth-order valence-electron chi connectivity index (χ4n) is 2.70. The number of anilines is 2. The highest BCUT2D eigenvalue weighted by Gasteiger charge is 2.30. The van der Waals surface area contributed by atoms with Crippen molar-refractivity contribution >= 4 is 17.3 Å². The average Bonchev–Trinajstić information content (AvgIpc) is 2.53. The van der Waals surface area contributed by atoms with Gasteiger partial charge in [-0.05, 0) is 19.4 Å². The molecule has 1 aliphatic heterocycles. The quantitative estimate of drug-likeness (QED) is 0.461. The molecule has 0 amide bonds. The molecule has 0 saturated carbocycles. The first-order valence-electron chi connectivity index (χ1n) is 6.99. The van der Waals surface area contributed by atoms with Crippen LogP contribution in [0.2, 0.25) is 0 Å². The second kappa shape index (κ2) is 6.64. The number of nitro groups is 1. The van der Waals surface area contributed by atoms with Crippen LogP contribution in [-0.4, -0.2) is 52.5 Å². The highest BCUT2D eigenvalue weighted by Crippen LogP contribution is 2.33. The van der Waals surface area contributed by atoms with E-state index >= 15 is 0 Å². The molecule has 0 bridgehead atoms. The van der Waals surface area contributed by atoms with E-state index in [1.165, 1.54) is 6.33 Å². The maximum Gasteiger partial charge on any atom is 0.354 e. The summed E-state index contributed by atoms with van der Waals surface area (Å²) < 4.78 is 0. The second-order valence-corrected chi connectivity index (χ2v) is 5.07. The summed E-state index contributed by atoms with van der Waals surface area (Å²) >= 11 is 0. The highest BCUT2D eigenvalue weighted by molar-refractivity contribution is 5.69. The molecule has 2 heterocycles. The number of nitrogens with one attached hydrogen (secondary N) is 1. The van der Waals surface area contributed by atoms with Crippen LogP contribution in [0, 0.1) is 10.1 Å². The number of likely N-dealkylation sites (tertiary alicyclic amines) is 1. The largest absolute Gasteiger partial charge is 0.354 e. The topological polar surface area (TPSA) is 113 Å². The molecule has 0 aliphatic carbocycles. The minimum atomic E-state index is -0.498. The van der Waals surface area contributed by atoms with Gasteiger partial charge in [-0.3, -0.25) is 10.1 Å². The lowest BCUT2D eigenvalue weighted by Gasteiger charge is -2.36. The van der Waals surface area contributed by atoms with Gasteiger partial charge in [-0.2, -0.15) is 0 Å². The van der Waals surface area contributed by atoms with Gasteiger partial charge in [0.15, 0.2) is 0 Å². The molecule has 0 unspecified atom stereocenters. The van der Waals surface area contributed by atoms with E-state index < -0.39 is 4.92 Å². The van der Waals surface area contributed by atoms with Gasteiger partial charge in [-0.25, -0.2) is 15.8 Å². The summed E-state index contributed by atoms with van der Waals surface area (Å²) in [5.74, 6) is 5.64. The normalized spacial score (nSPS) is 16.7. The SMILES string of the molecule is CCN1CCC(N(C)c2ncnc(NN)c2[N+](=O)[O-])CC1. The molecule has 21 heavy (non-hydrogen) atoms. The zero-order chi connectivity index (χ0) is 15.4. The Morgan fingerprint density at radius 1 is 1.52 bits per heavy atom. The lowest BCUT2D eigenvalue weighted by molar-refractivity contribution is -0.383. The van der Waals surface area contributed by atoms with Gasteiger partial charge in [0.2, 0.25) is 11.6 Å². The van der Waals surface area contributed by atoms with Crippen molar-refractivity contribution in [2.75, 3.05) is 37.0 Å². The Morgan fingerprint density at radius 2 is 2.19 bits per heavy atom. The summed E-state index contributed by atoms with van der Waals surface area (Å²) in [4.78, 5) is 22.9. The van der Waals surface area contributed by atoms with Crippen LogP contribution in [0.25, 0.3) is 0 Å². The summed E-state index contributed by atoms with van der Waals surface area (Å²) in [5, 5.41) is 11.3. The van der Waals surface area contributed by atoms with Crippen LogP contribution in [0.4, 0.5) is 17.3 Å². The van der Waals surface area contributed by atoms with Crippen molar-refractivity contribution in [3.8, 4) is 0 Å². The zero-order valence-corrected chi connectivity index (χ0v) is 12.3. The first-order valence-corrected chi connectivity index (χ1v) is 6.99. The second-order valence-electron chi connectivity index (χ2n) is 5.07. The monoisotopic (exact) mass is 295 g/mol. The Bertz CT molecular complexity index is 502. The number of aromatic nitrogens is 2. The standard InChI is InChI=1S/C12H21N7O2/c1-3-18-6-4-9(5-7-18)17(2)12-10(19(20)21)11(16-13)14-8-15-12/h8-9H,3-7,13H2,1-2H3,(H,14,15,16). The molecule has 2 rings (SSSR count). The third-order valence-electron chi connectivity index (χ3n) is 4.01. The maximum atomic E-state index is 11.3. The molecule has 3 N–H and O–H groups in total. The smallest absolute Gasteiger partial charge is 0.351 e. The predicted molar refractivity (Wildman–Crippen MR) is 80.0 cm³/mol. The summed E-state index contributed by atoms with van der Waals surface area (Å²) in [6.45, 7) is 5.16. The van der Waals surface area contributed by atoms with E-state index in [0.717, 1.165) is 32.5 Å². The van der Waals surface area contributed by atoms with Crippen molar-refractivity contribution in [3.05, 3.63) is 16.4 Å². The third-order valence-corrected chi connectivity index (χ3v) is 4.01. The van der Waals surface area contributed by atoms with Crippen LogP contribution in [0.3, 0.4) is 0 Å². The fourth-order valence-corrected chi connectivity index (χ4v) is 2.70. The number of nitrogen functional groups attached to an aromatic ring is 1. The summed E-state index contributed by atoms with van der Waals surface area (Å²) in [5.41, 5.74) is 2.08. The van der Waals surface area contributed by atoms with E-state index in [1.807, 2.05) is 11.9 Å². The highest BCUT2D eigenvalue weighted by atomic mass is 16.6. The molecule has 1 aliphatic rings. The van der Waals surface area contributed by atoms with Crippen LogP contribution in [0.1, 0.15) is 19.8 Å². The van der Waals surface area contributed by atoms with E-state index in [2.05, 4.69) is 27.2 Å². The van der Waals surface area contributed by atoms with Gasteiger partial charge in [0, 0.05) is 26.2 Å². The molecule has 1 saturated heterocycles. The third kappa shape index (κ3) is 3.19. The van der Waals surface area contributed by atoms with Crippen molar-refractivity contribution < 1.29 is 4.92 Å². The number of hydrazine groups is 1. The van der Waals surface area contributed by atoms with E-state index in [0.29, 0.717) is 5.82 Å². The van der Waals surface area contributed by atoms with Gasteiger partial charge >= 0.3 is 5.69 Å². The van der Waals surface area contributed by atoms with Crippen molar-refractivity contribution in [2.24, 2.45) is 5.84 Å². The number of hydrogen-bond acceptors (Lipinski definition) is 8. The molecule has 0 atom stereocenters. The Balaban J connectivity index is 2.23. The van der Waals surface area contributed by atoms with Crippen LogP contribution in [0.15, 0.2) is 6.33 Å². The van der Waals surface area contributed by atoms with Gasteiger partial charge < -0.3 is 15.2 Å². The number of nitrogens with two attached hydrogens (primary N) is 1. The molecule has 9 heteroatoms. The van der Waals surface area contributed by atoms with Gasteiger partial charge in [0.25, 0.3) is 0 Å². The minimum absolute atomic E-state index is 0.0304. The molecule has 1 fully saturated rings. The van der Waals surface area contributed by atoms with E-state index in [4.69, 9.17) is 5.84 Å². The average molecular weight is 295 g/mol. The first kappa shape index (κ1) is 15.4. The molecule has 0 spiro atoms. The van der Waals surface area contributed by atoms with E-state index in [1.54, 1.807) is 0 Å². The predicted octanol–water partition coefficient (Wildman–Crippen LogP) is 0.591. The number of piperidine rings is 1. The van der Waals surface area contributed by atoms with Gasteiger partial charge in [-0.1, -0.05) is 6.92 Å². The maximum absolute atomic E-state index is 11.3. The fraction of sp³-hybridized carbons (Fsp3) is 0.667. The van der Waals surface area contributed by atoms with Crippen molar-refractivity contribution in [1.82, 2.24) is 14.9 Å². The zero-order valence-electron chi connectivity index (χ0n) is 12.3. The Labute approximate surface area is 123 Å². The Hall–Kier alpha value is -2.00. The molecular formula is C12H21N7O2. The van der Waals surface area contributed by atoms with Gasteiger partial charge in [0.05, 0.1) is 4.92 Å². The van der Waals surface area contributed by atoms with Gasteiger partial charge in [0.1, 0.15) is 6.33 Å². The van der Waals surface area contributed by atoms with Gasteiger partial charge in [-0.15, -0.1) is 0 Å². The molecule has 1 aromatic heterocycles. The number of rotatable bonds is 5. The number of nitrogens with zero attached hydrogens (tertiary/aromatic N) is 5. The summed E-state index contributed by atoms with van der Waals surface area (Å²) in [7, 11) is 1.84. The molecule has 0 aromatic carbocycles. The van der Waals surface area contributed by atoms with Crippen molar-refractivity contribution in [1.29, 1.82) is 0 Å². The Kier molecular flexibility index (Phi) is 4.86. The lowest BCUT2D eigenvalue weighted by atomic mass is 10.0. The van der Waals surface area contributed by atoms with Crippen LogP contribution < -0.4 is 16.2 Å². The van der Waals surface area contributed by atoms with Crippen LogP contribution in [-0.2, 0) is 0 Å². The van der Waals surface area contributed by atoms with Crippen molar-refractivity contribution in [2.45, 2.75) is 25.8 Å². The minimum Gasteiger partial charge on any atom is -0.351 e. The molecule has 116 valence electrons. The number of hydrogen-bond donors (Lipinski definition) is 2. The van der Waals surface area contributed by atoms with Crippen LogP contribution >= 0.6 is 0 Å². The van der Waals surface area contributed by atoms with Crippen molar-refractivity contribution in [3.63, 3.8) is 0 Å². The van der Waals surface area contributed by atoms with Crippen LogP contribution in [0.5, 0.6) is 0 Å². The molecule has 9 nitrogen and oxygen atoms in total. The van der Waals surface area contributed by atoms with E-state index in [-0.39, 0.29) is 17.5 Å². The summed E-state index contributed by atoms with van der Waals surface area (Å²) in [6.07, 6.45) is 3.20. The molecule has 0 radical (unpaired) electrons. The molecular weight excluding hydrogens is 274 g/mol. The first-order chi connectivity index (χ1) is 10.1.